The zero-order valence-electron chi connectivity index (χ0n) is 10.0. The first-order valence-corrected chi connectivity index (χ1v) is 5.49. The minimum Gasteiger partial charge on any atom is -0.472 e. The summed E-state index contributed by atoms with van der Waals surface area (Å²) in [6.07, 6.45) is -1.80. The van der Waals surface area contributed by atoms with Crippen LogP contribution in [-0.2, 0) is 0 Å². The predicted octanol–water partition coefficient (Wildman–Crippen LogP) is 3.63. The van der Waals surface area contributed by atoms with E-state index in [1.807, 2.05) is 0 Å². The predicted molar refractivity (Wildman–Crippen MR) is 64.4 cm³/mol. The molecule has 0 saturated heterocycles. The Morgan fingerprint density at radius 2 is 1.89 bits per heavy atom. The van der Waals surface area contributed by atoms with Gasteiger partial charge in [0.2, 0.25) is 5.72 Å². The van der Waals surface area contributed by atoms with E-state index in [2.05, 4.69) is 5.32 Å². The lowest BCUT2D eigenvalue weighted by atomic mass is 10.1. The first-order valence-electron chi connectivity index (χ1n) is 5.49. The van der Waals surface area contributed by atoms with Gasteiger partial charge in [0, 0.05) is 11.3 Å². The van der Waals surface area contributed by atoms with E-state index in [1.165, 1.54) is 24.7 Å². The molecule has 2 rings (SSSR count). The van der Waals surface area contributed by atoms with Crippen LogP contribution < -0.4 is 5.32 Å². The molecule has 2 N–H and O–H groups in total. The number of hydrogen-bond acceptors (Lipinski definition) is 3. The van der Waals surface area contributed by atoms with E-state index < -0.39 is 11.9 Å². The largest absolute Gasteiger partial charge is 0.472 e. The second-order valence-electron chi connectivity index (χ2n) is 4.29. The van der Waals surface area contributed by atoms with Crippen molar-refractivity contribution < 1.29 is 22.7 Å². The first kappa shape index (κ1) is 13.5. The normalized spacial score (nSPS) is 15.0. The molecule has 0 radical (unpaired) electrons. The lowest BCUT2D eigenvalue weighted by molar-refractivity contribution is -0.240. The molecular weight excluding hydrogens is 259 g/mol. The van der Waals surface area contributed by atoms with Gasteiger partial charge >= 0.3 is 6.18 Å². The number of hydrogen-bond donors (Lipinski definition) is 2. The number of aliphatic hydroxyl groups is 1. The molecule has 0 spiro atoms. The van der Waals surface area contributed by atoms with Crippen molar-refractivity contribution in [3.8, 4) is 11.1 Å². The van der Waals surface area contributed by atoms with E-state index >= 15 is 0 Å². The van der Waals surface area contributed by atoms with Gasteiger partial charge in [0.15, 0.2) is 0 Å². The van der Waals surface area contributed by atoms with Crippen LogP contribution in [0.5, 0.6) is 0 Å². The summed E-state index contributed by atoms with van der Waals surface area (Å²) in [4.78, 5) is 0. The van der Waals surface area contributed by atoms with E-state index in [-0.39, 0.29) is 5.69 Å². The van der Waals surface area contributed by atoms with Crippen LogP contribution in [0.15, 0.2) is 47.3 Å². The summed E-state index contributed by atoms with van der Waals surface area (Å²) < 4.78 is 42.6. The van der Waals surface area contributed by atoms with Crippen LogP contribution in [0.4, 0.5) is 18.9 Å². The van der Waals surface area contributed by atoms with Crippen molar-refractivity contribution in [1.82, 2.24) is 0 Å². The van der Waals surface area contributed by atoms with Crippen LogP contribution in [-0.4, -0.2) is 17.0 Å². The summed E-state index contributed by atoms with van der Waals surface area (Å²) in [5.41, 5.74) is -1.38. The van der Waals surface area contributed by atoms with E-state index in [1.54, 1.807) is 18.2 Å². The van der Waals surface area contributed by atoms with Gasteiger partial charge in [-0.25, -0.2) is 0 Å². The number of alkyl halides is 3. The highest BCUT2D eigenvalue weighted by Crippen LogP contribution is 2.32. The van der Waals surface area contributed by atoms with Gasteiger partial charge in [-0.2, -0.15) is 13.2 Å². The van der Waals surface area contributed by atoms with Gasteiger partial charge in [-0.05, 0) is 30.7 Å². The molecule has 1 aromatic heterocycles. The van der Waals surface area contributed by atoms with Gasteiger partial charge in [0.1, 0.15) is 0 Å². The van der Waals surface area contributed by atoms with Crippen molar-refractivity contribution in [2.75, 3.05) is 5.32 Å². The summed E-state index contributed by atoms with van der Waals surface area (Å²) in [6.45, 7) is 0.664. The molecule has 1 aromatic carbocycles. The van der Waals surface area contributed by atoms with Crippen LogP contribution in [0.3, 0.4) is 0 Å². The molecule has 0 amide bonds. The van der Waals surface area contributed by atoms with Gasteiger partial charge < -0.3 is 14.8 Å². The lowest BCUT2D eigenvalue weighted by Crippen LogP contribution is -2.49. The van der Waals surface area contributed by atoms with E-state index in [0.717, 1.165) is 5.56 Å². The van der Waals surface area contributed by atoms with E-state index in [4.69, 9.17) is 4.42 Å². The summed E-state index contributed by atoms with van der Waals surface area (Å²) >= 11 is 0. The van der Waals surface area contributed by atoms with Crippen molar-refractivity contribution in [2.24, 2.45) is 0 Å². The number of furan rings is 1. The average Bonchev–Trinajstić information content (AvgIpc) is 2.80. The fourth-order valence-electron chi connectivity index (χ4n) is 1.56. The Balaban J connectivity index is 2.26. The van der Waals surface area contributed by atoms with Crippen LogP contribution in [0, 0.1) is 0 Å². The fraction of sp³-hybridized carbons (Fsp3) is 0.231. The molecule has 1 heterocycles. The quantitative estimate of drug-likeness (QED) is 0.838. The molecule has 19 heavy (non-hydrogen) atoms. The smallest absolute Gasteiger partial charge is 0.436 e. The molecule has 0 fully saturated rings. The second-order valence-corrected chi connectivity index (χ2v) is 4.29. The number of rotatable bonds is 3. The SMILES string of the molecule is CC(O)(Nc1cccc(-c2ccoc2)c1)C(F)(F)F. The number of halogens is 3. The highest BCUT2D eigenvalue weighted by Gasteiger charge is 2.50. The average molecular weight is 271 g/mol. The van der Waals surface area contributed by atoms with Crippen molar-refractivity contribution >= 4 is 5.69 Å². The van der Waals surface area contributed by atoms with Gasteiger partial charge in [-0.15, -0.1) is 0 Å². The van der Waals surface area contributed by atoms with Crippen LogP contribution in [0.1, 0.15) is 6.92 Å². The minimum atomic E-state index is -4.77. The highest BCUT2D eigenvalue weighted by atomic mass is 19.4. The summed E-state index contributed by atoms with van der Waals surface area (Å²) in [5, 5.41) is 11.4. The van der Waals surface area contributed by atoms with Crippen LogP contribution in [0.2, 0.25) is 0 Å². The van der Waals surface area contributed by atoms with Gasteiger partial charge in [0.05, 0.1) is 12.5 Å². The van der Waals surface area contributed by atoms with E-state index in [9.17, 15) is 18.3 Å². The Kier molecular flexibility index (Phi) is 3.28. The maximum absolute atomic E-state index is 12.6. The summed E-state index contributed by atoms with van der Waals surface area (Å²) in [5.74, 6) is 0. The Hall–Kier alpha value is -1.95. The molecule has 0 aliphatic heterocycles. The fourth-order valence-corrected chi connectivity index (χ4v) is 1.56. The van der Waals surface area contributed by atoms with Gasteiger partial charge in [0.25, 0.3) is 0 Å². The molecule has 0 saturated carbocycles. The van der Waals surface area contributed by atoms with Crippen molar-refractivity contribution in [1.29, 1.82) is 0 Å². The van der Waals surface area contributed by atoms with Crippen LogP contribution >= 0.6 is 0 Å². The Labute approximate surface area is 107 Å². The molecular formula is C13H12F3NO2. The molecule has 3 nitrogen and oxygen atoms in total. The minimum absolute atomic E-state index is 0.168. The molecule has 0 aliphatic carbocycles. The van der Waals surface area contributed by atoms with Gasteiger partial charge in [-0.1, -0.05) is 12.1 Å². The standard InChI is InChI=1S/C13H12F3NO2/c1-12(18,13(14,15)16)17-11-4-2-3-9(7-11)10-5-6-19-8-10/h2-8,17-18H,1H3. The third-order valence-corrected chi connectivity index (χ3v) is 2.66. The zero-order valence-corrected chi connectivity index (χ0v) is 10.0. The topological polar surface area (TPSA) is 45.4 Å². The Morgan fingerprint density at radius 1 is 1.16 bits per heavy atom. The van der Waals surface area contributed by atoms with Crippen molar-refractivity contribution in [3.63, 3.8) is 0 Å². The number of anilines is 1. The third kappa shape index (κ3) is 2.90. The molecule has 1 atom stereocenters. The van der Waals surface area contributed by atoms with E-state index in [0.29, 0.717) is 12.5 Å². The number of benzene rings is 1. The Bertz CT molecular complexity index is 547. The van der Waals surface area contributed by atoms with Gasteiger partial charge in [-0.3, -0.25) is 0 Å². The molecule has 102 valence electrons. The second kappa shape index (κ2) is 4.62. The third-order valence-electron chi connectivity index (χ3n) is 2.66. The maximum Gasteiger partial charge on any atom is 0.436 e. The molecule has 6 heteroatoms. The monoisotopic (exact) mass is 271 g/mol. The maximum atomic E-state index is 12.6. The number of nitrogens with one attached hydrogen (secondary N) is 1. The summed E-state index contributed by atoms with van der Waals surface area (Å²) in [6, 6.07) is 7.98. The molecule has 2 aromatic rings. The molecule has 0 aliphatic rings. The highest BCUT2D eigenvalue weighted by molar-refractivity contribution is 5.67. The first-order chi connectivity index (χ1) is 8.79. The Morgan fingerprint density at radius 3 is 2.47 bits per heavy atom. The summed E-state index contributed by atoms with van der Waals surface area (Å²) in [7, 11) is 0. The van der Waals surface area contributed by atoms with Crippen molar-refractivity contribution in [3.05, 3.63) is 42.9 Å². The molecule has 0 bridgehead atoms. The van der Waals surface area contributed by atoms with Crippen molar-refractivity contribution in [2.45, 2.75) is 18.8 Å². The zero-order chi connectivity index (χ0) is 14.1. The van der Waals surface area contributed by atoms with Crippen LogP contribution in [0.25, 0.3) is 11.1 Å². The lowest BCUT2D eigenvalue weighted by Gasteiger charge is -2.28. The molecule has 1 unspecified atom stereocenters.